The molecule has 1 N–H and O–H groups in total. The van der Waals surface area contributed by atoms with Crippen LogP contribution in [-0.2, 0) is 23.8 Å². The summed E-state index contributed by atoms with van der Waals surface area (Å²) < 4.78 is 16.2. The zero-order chi connectivity index (χ0) is 28.0. The number of carbonyl (C=O) groups is 3. The molecule has 1 aromatic heterocycles. The van der Waals surface area contributed by atoms with Crippen LogP contribution in [0, 0.1) is 6.92 Å². The summed E-state index contributed by atoms with van der Waals surface area (Å²) in [5.41, 5.74) is 3.01. The Balaban J connectivity index is 0.00000441. The van der Waals surface area contributed by atoms with E-state index >= 15 is 0 Å². The van der Waals surface area contributed by atoms with E-state index in [1.165, 1.54) is 23.6 Å². The lowest BCUT2D eigenvalue weighted by molar-refractivity contribution is -0.929. The van der Waals surface area contributed by atoms with Crippen LogP contribution < -0.4 is 29.3 Å². The fourth-order valence-corrected chi connectivity index (χ4v) is 5.39. The molecule has 3 heterocycles. The van der Waals surface area contributed by atoms with E-state index < -0.39 is 18.0 Å². The van der Waals surface area contributed by atoms with E-state index in [9.17, 15) is 14.4 Å². The van der Waals surface area contributed by atoms with Gasteiger partial charge in [-0.2, -0.15) is 0 Å². The molecule has 2 aliphatic rings. The number of fused-ring (bicyclic) bond motifs is 2. The van der Waals surface area contributed by atoms with Gasteiger partial charge in [-0.25, -0.2) is 9.79 Å². The second-order valence-corrected chi connectivity index (χ2v) is 11.2. The summed E-state index contributed by atoms with van der Waals surface area (Å²) in [5.74, 6) is 0.0974. The van der Waals surface area contributed by atoms with Crippen LogP contribution in [0.25, 0.3) is 0 Å². The number of aliphatic imine (C=N–C) groups is 1. The van der Waals surface area contributed by atoms with Crippen molar-refractivity contribution in [2.24, 2.45) is 4.99 Å². The number of para-hydroxylation sites is 2. The Bertz CT molecular complexity index is 1220. The minimum Gasteiger partial charge on any atom is -1.00 e. The molecule has 0 saturated carbocycles. The van der Waals surface area contributed by atoms with Gasteiger partial charge in [0.25, 0.3) is 0 Å². The van der Waals surface area contributed by atoms with Gasteiger partial charge in [0.05, 0.1) is 63.3 Å². The number of anilines is 2. The monoisotopic (exact) mass is 685 g/mol. The number of hydrogen-bond donors (Lipinski definition) is 1. The zero-order valence-corrected chi connectivity index (χ0v) is 26.2. The number of thiophene rings is 1. The number of quaternary nitrogens is 1. The lowest BCUT2D eigenvalue weighted by Crippen LogP contribution is -3.00. The number of hydrogen-bond acceptors (Lipinski definition) is 10. The molecule has 1 fully saturated rings. The van der Waals surface area contributed by atoms with Crippen molar-refractivity contribution in [1.29, 1.82) is 0 Å². The van der Waals surface area contributed by atoms with Gasteiger partial charge in [0.2, 0.25) is 6.73 Å². The third kappa shape index (κ3) is 8.30. The van der Waals surface area contributed by atoms with Crippen molar-refractivity contribution in [3.63, 3.8) is 0 Å². The van der Waals surface area contributed by atoms with E-state index in [2.05, 4.69) is 30.3 Å². The van der Waals surface area contributed by atoms with Crippen LogP contribution in [-0.4, -0.2) is 104 Å². The molecule has 2 aromatic rings. The molecule has 0 spiro atoms. The number of halogens is 1. The number of amidine groups is 1. The quantitative estimate of drug-likeness (QED) is 0.185. The van der Waals surface area contributed by atoms with E-state index in [4.69, 9.17) is 19.2 Å². The van der Waals surface area contributed by atoms with Gasteiger partial charge < -0.3 is 53.3 Å². The number of amides is 1. The summed E-state index contributed by atoms with van der Waals surface area (Å²) in [6, 6.07) is 10.2. The maximum Gasteiger partial charge on any atom is 0.414 e. The molecule has 1 saturated heterocycles. The van der Waals surface area contributed by atoms with Crippen molar-refractivity contribution in [3.05, 3.63) is 40.8 Å². The molecule has 0 aliphatic carbocycles. The van der Waals surface area contributed by atoms with Crippen LogP contribution in [0.4, 0.5) is 21.2 Å². The normalized spacial score (nSPS) is 15.2. The van der Waals surface area contributed by atoms with Gasteiger partial charge in [0.15, 0.2) is 0 Å². The van der Waals surface area contributed by atoms with Gasteiger partial charge in [-0.05, 0) is 25.1 Å². The molecule has 13 heteroatoms. The molecule has 11 nitrogen and oxygen atoms in total. The Kier molecular flexibility index (Phi) is 11.2. The van der Waals surface area contributed by atoms with Crippen molar-refractivity contribution >= 4 is 51.6 Å². The predicted molar refractivity (Wildman–Crippen MR) is 149 cm³/mol. The topological polar surface area (TPSA) is 110 Å². The molecule has 0 atom stereocenters. The fourth-order valence-electron chi connectivity index (χ4n) is 4.47. The van der Waals surface area contributed by atoms with Crippen molar-refractivity contribution in [2.45, 2.75) is 20.8 Å². The lowest BCUT2D eigenvalue weighted by Gasteiger charge is -2.42. The van der Waals surface area contributed by atoms with Crippen LogP contribution in [0.15, 0.2) is 35.3 Å². The molecule has 40 heavy (non-hydrogen) atoms. The maximum atomic E-state index is 12.9. The van der Waals surface area contributed by atoms with Crippen LogP contribution in [0.5, 0.6) is 0 Å². The molecule has 0 radical (unpaired) electrons. The summed E-state index contributed by atoms with van der Waals surface area (Å²) in [6.45, 7) is 8.33. The first-order valence-corrected chi connectivity index (χ1v) is 13.8. The molecule has 2 aliphatic heterocycles. The molecule has 4 rings (SSSR count). The van der Waals surface area contributed by atoms with Crippen molar-refractivity contribution in [3.8, 4) is 0 Å². The Morgan fingerprint density at radius 2 is 1.68 bits per heavy atom. The number of esters is 2. The van der Waals surface area contributed by atoms with Gasteiger partial charge in [-0.3, -0.25) is 14.1 Å². The van der Waals surface area contributed by atoms with E-state index in [0.29, 0.717) is 4.48 Å². The van der Waals surface area contributed by atoms with E-state index in [-0.39, 0.29) is 57.0 Å². The van der Waals surface area contributed by atoms with Gasteiger partial charge >= 0.3 is 18.0 Å². The minimum absolute atomic E-state index is 0. The number of ether oxygens (including phenoxy) is 3. The largest absolute Gasteiger partial charge is 1.00 e. The highest BCUT2D eigenvalue weighted by Gasteiger charge is 2.34. The molecule has 0 unspecified atom stereocenters. The summed E-state index contributed by atoms with van der Waals surface area (Å²) in [6.07, 6.45) is -0.537. The Morgan fingerprint density at radius 3 is 2.30 bits per heavy atom. The number of benzene rings is 1. The number of likely N-dealkylation sites (N-methyl/N-ethyl adjacent to an activating group) is 1. The number of nitrogens with one attached hydrogen (secondary N) is 1. The Morgan fingerprint density at radius 1 is 1.05 bits per heavy atom. The highest BCUT2D eigenvalue weighted by atomic mass is 127. The number of rotatable bonds is 8. The highest BCUT2D eigenvalue weighted by molar-refractivity contribution is 7.16. The second kappa shape index (κ2) is 14.1. The van der Waals surface area contributed by atoms with Crippen LogP contribution in [0.3, 0.4) is 0 Å². The van der Waals surface area contributed by atoms with Gasteiger partial charge in [-0.15, -0.1) is 11.3 Å². The SMILES string of the molecule is CC(=O)OCCN(CCOC(C)=O)C(=O)OC[N+]1(C)CCN(C2=Nc3ccccc3Nc3sc(C)cc32)CC1.[I-]. The summed E-state index contributed by atoms with van der Waals surface area (Å²) in [7, 11) is 2.07. The molecule has 1 aromatic carbocycles. The van der Waals surface area contributed by atoms with Gasteiger partial charge in [0, 0.05) is 18.7 Å². The van der Waals surface area contributed by atoms with Crippen molar-refractivity contribution in [1.82, 2.24) is 9.80 Å². The van der Waals surface area contributed by atoms with Crippen molar-refractivity contribution in [2.75, 3.05) is 71.6 Å². The summed E-state index contributed by atoms with van der Waals surface area (Å²) in [5, 5.41) is 4.64. The Hall–Kier alpha value is -2.91. The van der Waals surface area contributed by atoms with Crippen molar-refractivity contribution < 1.29 is 57.1 Å². The molecule has 1 amide bonds. The van der Waals surface area contributed by atoms with Crippen LogP contribution >= 0.6 is 11.3 Å². The van der Waals surface area contributed by atoms with Gasteiger partial charge in [0.1, 0.15) is 24.1 Å². The first kappa shape index (κ1) is 31.6. The van der Waals surface area contributed by atoms with E-state index in [0.717, 1.165) is 54.0 Å². The third-order valence-electron chi connectivity index (χ3n) is 6.68. The highest BCUT2D eigenvalue weighted by Crippen LogP contribution is 2.39. The first-order chi connectivity index (χ1) is 18.6. The summed E-state index contributed by atoms with van der Waals surface area (Å²) in [4.78, 5) is 45.1. The number of carbonyl (C=O) groups excluding carboxylic acids is 3. The predicted octanol–water partition coefficient (Wildman–Crippen LogP) is 0.480. The number of nitrogens with zero attached hydrogens (tertiary/aromatic N) is 4. The number of aryl methyl sites for hydroxylation is 1. The fraction of sp³-hybridized carbons (Fsp3) is 0.481. The average molecular weight is 686 g/mol. The molecule has 218 valence electrons. The third-order valence-corrected chi connectivity index (χ3v) is 7.65. The first-order valence-electron chi connectivity index (χ1n) is 13.0. The minimum atomic E-state index is -0.537. The molecular weight excluding hydrogens is 649 g/mol. The van der Waals surface area contributed by atoms with Crippen LogP contribution in [0.1, 0.15) is 24.3 Å². The number of piperazine rings is 1. The van der Waals surface area contributed by atoms with E-state index in [1.807, 2.05) is 24.3 Å². The Labute approximate surface area is 255 Å². The lowest BCUT2D eigenvalue weighted by atomic mass is 10.2. The zero-order valence-electron chi connectivity index (χ0n) is 23.3. The standard InChI is InChI=1S/C27H36N5O6S.HI/c1-19-17-22-25(28-23-7-5-6-8-24(23)29-26(22)39-19)30-9-13-32(4,14-10-30)18-38-27(35)31(11-15-36-20(2)33)12-16-37-21(3)34;/h5-8,17,29H,9-16,18H2,1-4H3;1H/q+1;/p-1. The van der Waals surface area contributed by atoms with Gasteiger partial charge in [-0.1, -0.05) is 12.1 Å². The summed E-state index contributed by atoms with van der Waals surface area (Å²) >= 11 is 1.72. The maximum absolute atomic E-state index is 12.9. The molecular formula is C27H36IN5O6S. The molecule has 0 bridgehead atoms. The smallest absolute Gasteiger partial charge is 0.414 e. The average Bonchev–Trinajstić information content (AvgIpc) is 3.18. The van der Waals surface area contributed by atoms with Crippen LogP contribution in [0.2, 0.25) is 0 Å². The second-order valence-electron chi connectivity index (χ2n) is 9.94. The van der Waals surface area contributed by atoms with E-state index in [1.54, 1.807) is 11.3 Å².